The molecule has 2 N–H and O–H groups in total. The number of methoxy groups -OCH3 is 1. The van der Waals surface area contributed by atoms with E-state index in [0.717, 1.165) is 24.3 Å². The third-order valence-electron chi connectivity index (χ3n) is 3.18. The van der Waals surface area contributed by atoms with Gasteiger partial charge >= 0.3 is 0 Å². The molecule has 0 radical (unpaired) electrons. The summed E-state index contributed by atoms with van der Waals surface area (Å²) in [7, 11) is 1.67. The highest BCUT2D eigenvalue weighted by Crippen LogP contribution is 2.26. The van der Waals surface area contributed by atoms with Crippen molar-refractivity contribution in [2.45, 2.75) is 31.9 Å². The van der Waals surface area contributed by atoms with Gasteiger partial charge in [-0.05, 0) is 31.4 Å². The molecule has 0 bridgehead atoms. The van der Waals surface area contributed by atoms with E-state index in [-0.39, 0.29) is 6.61 Å². The van der Waals surface area contributed by atoms with Gasteiger partial charge in [0.1, 0.15) is 5.75 Å². The van der Waals surface area contributed by atoms with Gasteiger partial charge in [0.2, 0.25) is 0 Å². The van der Waals surface area contributed by atoms with Gasteiger partial charge in [-0.15, -0.1) is 0 Å². The van der Waals surface area contributed by atoms with Crippen LogP contribution in [-0.2, 0) is 13.0 Å². The number of nitrogens with one attached hydrogen (secondary N) is 1. The molecule has 3 nitrogen and oxygen atoms in total. The Balaban J connectivity index is 2.18. The average molecular weight is 221 g/mol. The van der Waals surface area contributed by atoms with Crippen molar-refractivity contribution in [1.29, 1.82) is 0 Å². The van der Waals surface area contributed by atoms with Crippen molar-refractivity contribution in [2.24, 2.45) is 0 Å². The molecule has 1 aliphatic rings. The first-order valence-electron chi connectivity index (χ1n) is 5.84. The van der Waals surface area contributed by atoms with Gasteiger partial charge in [0, 0.05) is 11.6 Å². The standard InChI is InChI=1S/C13H19NO2/c1-16-13-10(4-2-5-11(13)9-15)8-12-6-3-7-14-12/h2,4-5,12,14-15H,3,6-9H2,1H3. The minimum absolute atomic E-state index is 0.0368. The number of benzene rings is 1. The fraction of sp³-hybridized carbons (Fsp3) is 0.538. The summed E-state index contributed by atoms with van der Waals surface area (Å²) < 4.78 is 5.39. The van der Waals surface area contributed by atoms with Gasteiger partial charge < -0.3 is 15.2 Å². The third-order valence-corrected chi connectivity index (χ3v) is 3.18. The number of rotatable bonds is 4. The largest absolute Gasteiger partial charge is 0.496 e. The van der Waals surface area contributed by atoms with Crippen LogP contribution in [0.3, 0.4) is 0 Å². The van der Waals surface area contributed by atoms with Crippen molar-refractivity contribution in [2.75, 3.05) is 13.7 Å². The molecule has 0 amide bonds. The Bertz CT molecular complexity index is 346. The van der Waals surface area contributed by atoms with E-state index in [1.54, 1.807) is 7.11 Å². The molecule has 0 saturated carbocycles. The number of para-hydroxylation sites is 1. The number of hydrogen-bond acceptors (Lipinski definition) is 3. The molecule has 1 unspecified atom stereocenters. The average Bonchev–Trinajstić information content (AvgIpc) is 2.81. The molecule has 1 fully saturated rings. The lowest BCUT2D eigenvalue weighted by Gasteiger charge is -2.15. The van der Waals surface area contributed by atoms with Crippen LogP contribution < -0.4 is 10.1 Å². The molecule has 0 spiro atoms. The quantitative estimate of drug-likeness (QED) is 0.809. The summed E-state index contributed by atoms with van der Waals surface area (Å²) in [6.45, 7) is 1.15. The Kier molecular flexibility index (Phi) is 3.80. The van der Waals surface area contributed by atoms with E-state index in [0.29, 0.717) is 6.04 Å². The highest BCUT2D eigenvalue weighted by atomic mass is 16.5. The highest BCUT2D eigenvalue weighted by Gasteiger charge is 2.17. The SMILES string of the molecule is COc1c(CO)cccc1CC1CCCN1. The van der Waals surface area contributed by atoms with Gasteiger partial charge in [0.05, 0.1) is 13.7 Å². The number of hydrogen-bond donors (Lipinski definition) is 2. The Morgan fingerprint density at radius 3 is 2.88 bits per heavy atom. The topological polar surface area (TPSA) is 41.5 Å². The van der Waals surface area contributed by atoms with Crippen LogP contribution in [0.5, 0.6) is 5.75 Å². The minimum Gasteiger partial charge on any atom is -0.496 e. The van der Waals surface area contributed by atoms with Gasteiger partial charge in [0.25, 0.3) is 0 Å². The Labute approximate surface area is 96.4 Å². The van der Waals surface area contributed by atoms with Gasteiger partial charge in [-0.3, -0.25) is 0 Å². The monoisotopic (exact) mass is 221 g/mol. The smallest absolute Gasteiger partial charge is 0.127 e. The van der Waals surface area contributed by atoms with Gasteiger partial charge in [-0.2, -0.15) is 0 Å². The van der Waals surface area contributed by atoms with Gasteiger partial charge in [0.15, 0.2) is 0 Å². The van der Waals surface area contributed by atoms with E-state index in [1.165, 1.54) is 18.4 Å². The second kappa shape index (κ2) is 5.32. The van der Waals surface area contributed by atoms with Crippen LogP contribution in [0.2, 0.25) is 0 Å². The number of aliphatic hydroxyl groups excluding tert-OH is 1. The summed E-state index contributed by atoms with van der Waals surface area (Å²) in [5.41, 5.74) is 2.06. The zero-order valence-corrected chi connectivity index (χ0v) is 9.70. The molecule has 1 heterocycles. The summed E-state index contributed by atoms with van der Waals surface area (Å²) in [5, 5.41) is 12.7. The van der Waals surface area contributed by atoms with Crippen molar-refractivity contribution in [3.8, 4) is 5.75 Å². The molecule has 1 aromatic carbocycles. The van der Waals surface area contributed by atoms with E-state index < -0.39 is 0 Å². The molecule has 1 saturated heterocycles. The molecule has 3 heteroatoms. The fourth-order valence-electron chi connectivity index (χ4n) is 2.38. The molecular weight excluding hydrogens is 202 g/mol. The summed E-state index contributed by atoms with van der Waals surface area (Å²) in [6.07, 6.45) is 3.47. The molecule has 1 aliphatic heterocycles. The van der Waals surface area contributed by atoms with Gasteiger partial charge in [-0.25, -0.2) is 0 Å². The van der Waals surface area contributed by atoms with Crippen molar-refractivity contribution < 1.29 is 9.84 Å². The van der Waals surface area contributed by atoms with Crippen LogP contribution in [0.25, 0.3) is 0 Å². The zero-order chi connectivity index (χ0) is 11.4. The first-order chi connectivity index (χ1) is 7.85. The van der Waals surface area contributed by atoms with Crippen LogP contribution in [-0.4, -0.2) is 24.8 Å². The highest BCUT2D eigenvalue weighted by molar-refractivity contribution is 5.41. The fourth-order valence-corrected chi connectivity index (χ4v) is 2.38. The maximum atomic E-state index is 9.24. The Hall–Kier alpha value is -1.06. The van der Waals surface area contributed by atoms with Crippen LogP contribution in [0.15, 0.2) is 18.2 Å². The second-order valence-electron chi connectivity index (χ2n) is 4.27. The lowest BCUT2D eigenvalue weighted by molar-refractivity contribution is 0.273. The normalized spacial score (nSPS) is 20.0. The maximum Gasteiger partial charge on any atom is 0.127 e. The maximum absolute atomic E-state index is 9.24. The van der Waals surface area contributed by atoms with Gasteiger partial charge in [-0.1, -0.05) is 18.2 Å². The molecular formula is C13H19NO2. The Morgan fingerprint density at radius 2 is 2.25 bits per heavy atom. The van der Waals surface area contributed by atoms with Crippen LogP contribution in [0.1, 0.15) is 24.0 Å². The minimum atomic E-state index is 0.0368. The van der Waals surface area contributed by atoms with E-state index in [4.69, 9.17) is 4.74 Å². The second-order valence-corrected chi connectivity index (χ2v) is 4.27. The lowest BCUT2D eigenvalue weighted by Crippen LogP contribution is -2.23. The lowest BCUT2D eigenvalue weighted by atomic mass is 10.0. The van der Waals surface area contributed by atoms with E-state index in [2.05, 4.69) is 11.4 Å². The molecule has 88 valence electrons. The summed E-state index contributed by atoms with van der Waals surface area (Å²) >= 11 is 0. The third kappa shape index (κ3) is 2.36. The predicted molar refractivity (Wildman–Crippen MR) is 63.6 cm³/mol. The van der Waals surface area contributed by atoms with E-state index in [9.17, 15) is 5.11 Å². The summed E-state index contributed by atoms with van der Waals surface area (Å²) in [4.78, 5) is 0. The zero-order valence-electron chi connectivity index (χ0n) is 9.70. The van der Waals surface area contributed by atoms with Crippen molar-refractivity contribution in [3.05, 3.63) is 29.3 Å². The molecule has 16 heavy (non-hydrogen) atoms. The molecule has 2 rings (SSSR count). The predicted octanol–water partition coefficient (Wildman–Crippen LogP) is 1.48. The Morgan fingerprint density at radius 1 is 1.44 bits per heavy atom. The van der Waals surface area contributed by atoms with E-state index in [1.807, 2.05) is 12.1 Å². The first-order valence-corrected chi connectivity index (χ1v) is 5.84. The van der Waals surface area contributed by atoms with Crippen LogP contribution in [0, 0.1) is 0 Å². The van der Waals surface area contributed by atoms with Crippen LogP contribution in [0.4, 0.5) is 0 Å². The van der Waals surface area contributed by atoms with Crippen molar-refractivity contribution in [3.63, 3.8) is 0 Å². The molecule has 1 aromatic rings. The molecule has 0 aromatic heterocycles. The summed E-state index contributed by atoms with van der Waals surface area (Å²) in [5.74, 6) is 0.846. The number of aliphatic hydroxyl groups is 1. The number of ether oxygens (including phenoxy) is 1. The summed E-state index contributed by atoms with van der Waals surface area (Å²) in [6, 6.07) is 6.53. The van der Waals surface area contributed by atoms with Crippen LogP contribution >= 0.6 is 0 Å². The molecule has 1 atom stereocenters. The first kappa shape index (κ1) is 11.4. The van der Waals surface area contributed by atoms with Crippen molar-refractivity contribution in [1.82, 2.24) is 5.32 Å². The molecule has 0 aliphatic carbocycles. The van der Waals surface area contributed by atoms with Crippen molar-refractivity contribution >= 4 is 0 Å². The van der Waals surface area contributed by atoms with E-state index >= 15 is 0 Å².